The molecule has 0 spiro atoms. The number of halogens is 1. The van der Waals surface area contributed by atoms with Crippen LogP contribution in [0.25, 0.3) is 0 Å². The Morgan fingerprint density at radius 3 is 2.53 bits per heavy atom. The summed E-state index contributed by atoms with van der Waals surface area (Å²) in [5, 5.41) is 19.1. The Labute approximate surface area is 113 Å². The Balaban J connectivity index is 2.15. The maximum Gasteiger partial charge on any atom is 0.329 e. The van der Waals surface area contributed by atoms with Crippen molar-refractivity contribution < 1.29 is 19.4 Å². The standard InChI is InChI=1S/C11H12ClN3O4/c12-8-2-1-7(14-15-8)9(16)13-11(10(17)18)3-5-19-6-4-11/h1-2H,3-6H2,(H,13,16)(H,17,18). The highest BCUT2D eigenvalue weighted by Crippen LogP contribution is 2.21. The van der Waals surface area contributed by atoms with Crippen LogP contribution in [0.2, 0.25) is 5.15 Å². The van der Waals surface area contributed by atoms with E-state index in [1.165, 1.54) is 12.1 Å². The summed E-state index contributed by atoms with van der Waals surface area (Å²) in [7, 11) is 0. The second kappa shape index (κ2) is 5.50. The number of aromatic nitrogens is 2. The van der Waals surface area contributed by atoms with E-state index < -0.39 is 17.4 Å². The molecular formula is C11H12ClN3O4. The number of rotatable bonds is 3. The third-order valence-electron chi connectivity index (χ3n) is 2.97. The van der Waals surface area contributed by atoms with Crippen molar-refractivity contribution in [2.24, 2.45) is 0 Å². The van der Waals surface area contributed by atoms with Crippen LogP contribution in [0.3, 0.4) is 0 Å². The molecule has 1 aliphatic heterocycles. The Bertz CT molecular complexity index is 485. The Hall–Kier alpha value is -1.73. The number of amides is 1. The normalized spacial score (nSPS) is 17.7. The first-order chi connectivity index (χ1) is 9.03. The van der Waals surface area contributed by atoms with Crippen molar-refractivity contribution in [2.75, 3.05) is 13.2 Å². The summed E-state index contributed by atoms with van der Waals surface area (Å²) in [4.78, 5) is 23.3. The zero-order valence-electron chi connectivity index (χ0n) is 9.93. The van der Waals surface area contributed by atoms with Crippen LogP contribution in [0.5, 0.6) is 0 Å². The van der Waals surface area contributed by atoms with Crippen molar-refractivity contribution in [2.45, 2.75) is 18.4 Å². The van der Waals surface area contributed by atoms with Gasteiger partial charge in [-0.05, 0) is 12.1 Å². The lowest BCUT2D eigenvalue weighted by Gasteiger charge is -2.33. The Kier molecular flexibility index (Phi) is 3.96. The van der Waals surface area contributed by atoms with Gasteiger partial charge in [0.05, 0.1) is 0 Å². The van der Waals surface area contributed by atoms with Gasteiger partial charge in [0, 0.05) is 26.1 Å². The van der Waals surface area contributed by atoms with Crippen molar-refractivity contribution in [1.29, 1.82) is 0 Å². The molecule has 1 aromatic rings. The molecular weight excluding hydrogens is 274 g/mol. The first kappa shape index (κ1) is 13.7. The molecule has 2 rings (SSSR count). The molecule has 19 heavy (non-hydrogen) atoms. The summed E-state index contributed by atoms with van der Waals surface area (Å²) in [6.45, 7) is 0.581. The first-order valence-electron chi connectivity index (χ1n) is 5.66. The number of ether oxygens (including phenoxy) is 1. The van der Waals surface area contributed by atoms with E-state index in [1.54, 1.807) is 0 Å². The van der Waals surface area contributed by atoms with E-state index in [0.29, 0.717) is 13.2 Å². The smallest absolute Gasteiger partial charge is 0.329 e. The molecule has 0 saturated carbocycles. The number of hydrogen-bond acceptors (Lipinski definition) is 5. The fourth-order valence-corrected chi connectivity index (χ4v) is 1.93. The Morgan fingerprint density at radius 2 is 2.00 bits per heavy atom. The zero-order valence-corrected chi connectivity index (χ0v) is 10.7. The van der Waals surface area contributed by atoms with Gasteiger partial charge in [-0.3, -0.25) is 4.79 Å². The number of carboxylic acids is 1. The summed E-state index contributed by atoms with van der Waals surface area (Å²) in [6.07, 6.45) is 0.435. The van der Waals surface area contributed by atoms with E-state index in [4.69, 9.17) is 16.3 Å². The number of hydrogen-bond donors (Lipinski definition) is 2. The predicted octanol–water partition coefficient (Wildman–Crippen LogP) is 0.494. The largest absolute Gasteiger partial charge is 0.480 e. The lowest BCUT2D eigenvalue weighted by Crippen LogP contribution is -2.57. The number of carboxylic acid groups (broad SMARTS) is 1. The minimum Gasteiger partial charge on any atom is -0.480 e. The molecule has 1 aliphatic rings. The molecule has 0 unspecified atom stereocenters. The number of carbonyl (C=O) groups excluding carboxylic acids is 1. The minimum atomic E-state index is -1.31. The van der Waals surface area contributed by atoms with Crippen LogP contribution >= 0.6 is 11.6 Å². The van der Waals surface area contributed by atoms with Gasteiger partial charge in [0.1, 0.15) is 5.54 Å². The molecule has 1 fully saturated rings. The van der Waals surface area contributed by atoms with E-state index >= 15 is 0 Å². The zero-order chi connectivity index (χ0) is 13.9. The van der Waals surface area contributed by atoms with E-state index in [9.17, 15) is 14.7 Å². The molecule has 0 aromatic carbocycles. The molecule has 0 bridgehead atoms. The van der Waals surface area contributed by atoms with Crippen molar-refractivity contribution >= 4 is 23.5 Å². The van der Waals surface area contributed by atoms with E-state index in [1.807, 2.05) is 0 Å². The van der Waals surface area contributed by atoms with Crippen molar-refractivity contribution in [3.05, 3.63) is 23.0 Å². The summed E-state index contributed by atoms with van der Waals surface area (Å²) in [5.41, 5.74) is -1.28. The molecule has 2 heterocycles. The van der Waals surface area contributed by atoms with Gasteiger partial charge in [-0.25, -0.2) is 4.79 Å². The van der Waals surface area contributed by atoms with Crippen molar-refractivity contribution in [3.8, 4) is 0 Å². The second-order valence-corrected chi connectivity index (χ2v) is 4.58. The average molecular weight is 286 g/mol. The summed E-state index contributed by atoms with van der Waals surface area (Å²) in [5.74, 6) is -1.67. The molecule has 1 saturated heterocycles. The molecule has 0 aliphatic carbocycles. The van der Waals surface area contributed by atoms with Gasteiger partial charge in [-0.15, -0.1) is 10.2 Å². The maximum atomic E-state index is 12.0. The van der Waals surface area contributed by atoms with Gasteiger partial charge in [0.25, 0.3) is 5.91 Å². The van der Waals surface area contributed by atoms with Crippen LogP contribution in [0, 0.1) is 0 Å². The molecule has 7 nitrogen and oxygen atoms in total. The van der Waals surface area contributed by atoms with Crippen LogP contribution in [0.4, 0.5) is 0 Å². The maximum absolute atomic E-state index is 12.0. The van der Waals surface area contributed by atoms with Gasteiger partial charge in [-0.2, -0.15) is 0 Å². The minimum absolute atomic E-state index is 0.0246. The van der Waals surface area contributed by atoms with E-state index in [-0.39, 0.29) is 23.7 Å². The fourth-order valence-electron chi connectivity index (χ4n) is 1.83. The molecule has 1 amide bonds. The lowest BCUT2D eigenvalue weighted by molar-refractivity contribution is -0.148. The van der Waals surface area contributed by atoms with Gasteiger partial charge in [-0.1, -0.05) is 11.6 Å². The second-order valence-electron chi connectivity index (χ2n) is 4.20. The molecule has 0 radical (unpaired) electrons. The fraction of sp³-hybridized carbons (Fsp3) is 0.455. The summed E-state index contributed by atoms with van der Waals surface area (Å²) < 4.78 is 5.12. The van der Waals surface area contributed by atoms with Gasteiger partial charge >= 0.3 is 5.97 Å². The first-order valence-corrected chi connectivity index (χ1v) is 6.04. The predicted molar refractivity (Wildman–Crippen MR) is 64.9 cm³/mol. The highest BCUT2D eigenvalue weighted by atomic mass is 35.5. The monoisotopic (exact) mass is 285 g/mol. The highest BCUT2D eigenvalue weighted by Gasteiger charge is 2.42. The van der Waals surface area contributed by atoms with E-state index in [0.717, 1.165) is 0 Å². The quantitative estimate of drug-likeness (QED) is 0.838. The molecule has 2 N–H and O–H groups in total. The Morgan fingerprint density at radius 1 is 1.32 bits per heavy atom. The molecule has 1 aromatic heterocycles. The third-order valence-corrected chi connectivity index (χ3v) is 3.17. The topological polar surface area (TPSA) is 101 Å². The van der Waals surface area contributed by atoms with Gasteiger partial charge < -0.3 is 15.2 Å². The molecule has 102 valence electrons. The van der Waals surface area contributed by atoms with Crippen LogP contribution in [0.1, 0.15) is 23.3 Å². The van der Waals surface area contributed by atoms with Crippen LogP contribution < -0.4 is 5.32 Å². The number of aliphatic carboxylic acids is 1. The van der Waals surface area contributed by atoms with Crippen LogP contribution in [-0.4, -0.2) is 45.9 Å². The highest BCUT2D eigenvalue weighted by molar-refractivity contribution is 6.29. The average Bonchev–Trinajstić information content (AvgIpc) is 2.40. The number of carbonyl (C=O) groups is 2. The summed E-state index contributed by atoms with van der Waals surface area (Å²) in [6, 6.07) is 2.81. The summed E-state index contributed by atoms with van der Waals surface area (Å²) >= 11 is 5.57. The van der Waals surface area contributed by atoms with Crippen molar-refractivity contribution in [1.82, 2.24) is 15.5 Å². The van der Waals surface area contributed by atoms with Crippen molar-refractivity contribution in [3.63, 3.8) is 0 Å². The molecule has 0 atom stereocenters. The third kappa shape index (κ3) is 2.99. The number of nitrogens with zero attached hydrogens (tertiary/aromatic N) is 2. The lowest BCUT2D eigenvalue weighted by atomic mass is 9.90. The van der Waals surface area contributed by atoms with E-state index in [2.05, 4.69) is 15.5 Å². The number of nitrogens with one attached hydrogen (secondary N) is 1. The van der Waals surface area contributed by atoms with Crippen LogP contribution in [-0.2, 0) is 9.53 Å². The van der Waals surface area contributed by atoms with Gasteiger partial charge in [0.2, 0.25) is 0 Å². The SMILES string of the molecule is O=C(NC1(C(=O)O)CCOCC1)c1ccc(Cl)nn1. The van der Waals surface area contributed by atoms with Gasteiger partial charge in [0.15, 0.2) is 10.8 Å². The van der Waals surface area contributed by atoms with Crippen LogP contribution in [0.15, 0.2) is 12.1 Å². The molecule has 8 heteroatoms.